The Morgan fingerprint density at radius 2 is 1.91 bits per heavy atom. The number of fused-ring (bicyclic) bond motifs is 1. The van der Waals surface area contributed by atoms with E-state index in [2.05, 4.69) is 17.9 Å². The monoisotopic (exact) mass is 431 g/mol. The second kappa shape index (κ2) is 8.88. The molecule has 0 aliphatic carbocycles. The number of aliphatic hydroxyl groups excluding tert-OH is 1. The molecule has 32 heavy (non-hydrogen) atoms. The molecule has 3 heterocycles. The van der Waals surface area contributed by atoms with Crippen LogP contribution in [-0.2, 0) is 11.2 Å². The van der Waals surface area contributed by atoms with Crippen molar-refractivity contribution in [3.8, 4) is 0 Å². The molecule has 0 spiro atoms. The van der Waals surface area contributed by atoms with Crippen LogP contribution in [-0.4, -0.2) is 66.4 Å². The van der Waals surface area contributed by atoms with Gasteiger partial charge < -0.3 is 19.6 Å². The van der Waals surface area contributed by atoms with Crippen molar-refractivity contribution in [2.75, 3.05) is 44.3 Å². The first kappa shape index (κ1) is 20.9. The van der Waals surface area contributed by atoms with Crippen LogP contribution < -0.4 is 4.90 Å². The number of aromatic nitrogens is 1. The van der Waals surface area contributed by atoms with Crippen LogP contribution >= 0.6 is 0 Å². The first-order valence-electron chi connectivity index (χ1n) is 11.3. The zero-order valence-corrected chi connectivity index (χ0v) is 18.4. The van der Waals surface area contributed by atoms with E-state index in [1.807, 2.05) is 48.5 Å². The molecule has 0 radical (unpaired) electrons. The second-order valence-corrected chi connectivity index (χ2v) is 8.84. The van der Waals surface area contributed by atoms with E-state index >= 15 is 0 Å². The molecule has 2 aliphatic heterocycles. The predicted octanol–water partition coefficient (Wildman–Crippen LogP) is 3.06. The largest absolute Gasteiger partial charge is 0.391 e. The van der Waals surface area contributed by atoms with Crippen LogP contribution in [0.25, 0.3) is 10.9 Å². The zero-order chi connectivity index (χ0) is 22.1. The summed E-state index contributed by atoms with van der Waals surface area (Å²) in [6.07, 6.45) is 0.117. The van der Waals surface area contributed by atoms with E-state index in [-0.39, 0.29) is 11.8 Å². The Hall–Kier alpha value is -2.96. The topological polar surface area (TPSA) is 65.9 Å². The third kappa shape index (κ3) is 4.20. The minimum absolute atomic E-state index is 0.0127. The van der Waals surface area contributed by atoms with Crippen LogP contribution in [0.5, 0.6) is 0 Å². The Morgan fingerprint density at radius 3 is 2.72 bits per heavy atom. The molecule has 1 aromatic heterocycles. The molecule has 2 atom stereocenters. The molecule has 6 nitrogen and oxygen atoms in total. The fourth-order valence-corrected chi connectivity index (χ4v) is 4.84. The lowest BCUT2D eigenvalue weighted by atomic mass is 9.99. The van der Waals surface area contributed by atoms with Gasteiger partial charge in [0.1, 0.15) is 0 Å². The molecule has 1 N–H and O–H groups in total. The lowest BCUT2D eigenvalue weighted by Crippen LogP contribution is -2.36. The third-order valence-corrected chi connectivity index (χ3v) is 6.62. The van der Waals surface area contributed by atoms with Crippen molar-refractivity contribution in [2.45, 2.75) is 19.4 Å². The molecule has 2 aromatic carbocycles. The van der Waals surface area contributed by atoms with Gasteiger partial charge in [-0.05, 0) is 49.2 Å². The highest BCUT2D eigenvalue weighted by Gasteiger charge is 2.34. The number of carbonyl (C=O) groups excluding carboxylic acids is 1. The molecule has 166 valence electrons. The number of rotatable bonds is 4. The minimum Gasteiger partial charge on any atom is -0.391 e. The maximum atomic E-state index is 13.2. The molecular formula is C26H29N3O3. The maximum Gasteiger partial charge on any atom is 0.253 e. The molecule has 0 unspecified atom stereocenters. The van der Waals surface area contributed by atoms with Crippen molar-refractivity contribution in [1.82, 2.24) is 9.88 Å². The second-order valence-electron chi connectivity index (χ2n) is 8.84. The number of aliphatic hydroxyl groups is 1. The first-order chi connectivity index (χ1) is 15.6. The molecule has 2 saturated heterocycles. The van der Waals surface area contributed by atoms with E-state index in [9.17, 15) is 9.90 Å². The number of hydrogen-bond acceptors (Lipinski definition) is 5. The van der Waals surface area contributed by atoms with E-state index in [1.54, 1.807) is 4.90 Å². The minimum atomic E-state index is -0.541. The van der Waals surface area contributed by atoms with Crippen molar-refractivity contribution in [2.24, 2.45) is 5.92 Å². The summed E-state index contributed by atoms with van der Waals surface area (Å²) in [7, 11) is 0. The standard InChI is InChI=1S/C26H29N3O3/c1-18-14-20(7-9-24(18)28-10-12-32-13-11-28)26(31)29-16-21(25(30)17-29)15-22-8-6-19-4-2-3-5-23(19)27-22/h2-9,14,21,25,30H,10-13,15-17H2,1H3/t21-,25-/m1/s1. The average Bonchev–Trinajstić information content (AvgIpc) is 3.19. The molecule has 0 saturated carbocycles. The van der Waals surface area contributed by atoms with Crippen molar-refractivity contribution in [3.05, 3.63) is 71.4 Å². The number of ether oxygens (including phenoxy) is 1. The average molecular weight is 432 g/mol. The number of nitrogens with zero attached hydrogens (tertiary/aromatic N) is 3. The van der Waals surface area contributed by atoms with E-state index in [0.717, 1.165) is 54.2 Å². The number of β-amino-alcohol motifs (C(OH)–C–C–N with tert-alkyl or cyclic N) is 1. The predicted molar refractivity (Wildman–Crippen MR) is 125 cm³/mol. The molecule has 2 fully saturated rings. The fraction of sp³-hybridized carbons (Fsp3) is 0.385. The number of anilines is 1. The summed E-state index contributed by atoms with van der Waals surface area (Å²) in [6.45, 7) is 6.17. The Morgan fingerprint density at radius 1 is 1.09 bits per heavy atom. The van der Waals surface area contributed by atoms with Gasteiger partial charge in [-0.25, -0.2) is 0 Å². The van der Waals surface area contributed by atoms with Crippen LogP contribution in [0.4, 0.5) is 5.69 Å². The first-order valence-corrected chi connectivity index (χ1v) is 11.3. The zero-order valence-electron chi connectivity index (χ0n) is 18.4. The molecule has 6 heteroatoms. The Labute approximate surface area is 188 Å². The van der Waals surface area contributed by atoms with Crippen LogP contribution in [0.1, 0.15) is 21.6 Å². The number of aryl methyl sites for hydroxylation is 1. The van der Waals surface area contributed by atoms with Gasteiger partial charge in [0.15, 0.2) is 0 Å². The Bertz CT molecular complexity index is 1130. The summed E-state index contributed by atoms with van der Waals surface area (Å²) in [5, 5.41) is 11.8. The van der Waals surface area contributed by atoms with Crippen molar-refractivity contribution >= 4 is 22.5 Å². The van der Waals surface area contributed by atoms with Crippen LogP contribution in [0.15, 0.2) is 54.6 Å². The molecule has 3 aromatic rings. The Balaban J connectivity index is 1.27. The number of likely N-dealkylation sites (tertiary alicyclic amines) is 1. The van der Waals surface area contributed by atoms with Crippen molar-refractivity contribution in [1.29, 1.82) is 0 Å². The lowest BCUT2D eigenvalue weighted by molar-refractivity contribution is 0.0764. The van der Waals surface area contributed by atoms with Gasteiger partial charge in [-0.1, -0.05) is 24.3 Å². The van der Waals surface area contributed by atoms with E-state index in [4.69, 9.17) is 9.72 Å². The number of benzene rings is 2. The van der Waals surface area contributed by atoms with Gasteiger partial charge in [0, 0.05) is 54.4 Å². The van der Waals surface area contributed by atoms with Gasteiger partial charge >= 0.3 is 0 Å². The van der Waals surface area contributed by atoms with Gasteiger partial charge in [0.2, 0.25) is 0 Å². The summed E-state index contributed by atoms with van der Waals surface area (Å²) in [4.78, 5) is 22.0. The number of carbonyl (C=O) groups is 1. The molecule has 5 rings (SSSR count). The number of morpholine rings is 1. The summed E-state index contributed by atoms with van der Waals surface area (Å²) in [5.74, 6) is -0.0315. The van der Waals surface area contributed by atoms with E-state index < -0.39 is 6.10 Å². The van der Waals surface area contributed by atoms with Gasteiger partial charge in [-0.3, -0.25) is 9.78 Å². The van der Waals surface area contributed by atoms with Gasteiger partial charge in [0.05, 0.1) is 24.8 Å². The smallest absolute Gasteiger partial charge is 0.253 e. The summed E-state index contributed by atoms with van der Waals surface area (Å²) >= 11 is 0. The fourth-order valence-electron chi connectivity index (χ4n) is 4.84. The third-order valence-electron chi connectivity index (χ3n) is 6.62. The number of pyridine rings is 1. The number of para-hydroxylation sites is 1. The number of hydrogen-bond donors (Lipinski definition) is 1. The summed E-state index contributed by atoms with van der Waals surface area (Å²) in [5.41, 5.74) is 4.84. The highest BCUT2D eigenvalue weighted by molar-refractivity contribution is 5.95. The van der Waals surface area contributed by atoms with Crippen LogP contribution in [0, 0.1) is 12.8 Å². The highest BCUT2D eigenvalue weighted by atomic mass is 16.5. The SMILES string of the molecule is Cc1cc(C(=O)N2C[C@@H](Cc3ccc4ccccc4n3)[C@H](O)C2)ccc1N1CCOCC1. The molecule has 2 aliphatic rings. The van der Waals surface area contributed by atoms with Crippen molar-refractivity contribution < 1.29 is 14.6 Å². The van der Waals surface area contributed by atoms with Gasteiger partial charge in [0.25, 0.3) is 5.91 Å². The van der Waals surface area contributed by atoms with Crippen LogP contribution in [0.3, 0.4) is 0 Å². The highest BCUT2D eigenvalue weighted by Crippen LogP contribution is 2.26. The van der Waals surface area contributed by atoms with Crippen LogP contribution in [0.2, 0.25) is 0 Å². The van der Waals surface area contributed by atoms with Gasteiger partial charge in [-0.15, -0.1) is 0 Å². The van der Waals surface area contributed by atoms with E-state index in [0.29, 0.717) is 25.1 Å². The summed E-state index contributed by atoms with van der Waals surface area (Å²) < 4.78 is 5.44. The number of amides is 1. The summed E-state index contributed by atoms with van der Waals surface area (Å²) in [6, 6.07) is 18.0. The quantitative estimate of drug-likeness (QED) is 0.688. The molecule has 0 bridgehead atoms. The molecule has 1 amide bonds. The van der Waals surface area contributed by atoms with E-state index in [1.165, 1.54) is 0 Å². The normalized spacial score (nSPS) is 21.3. The Kier molecular flexibility index (Phi) is 5.81. The lowest BCUT2D eigenvalue weighted by Gasteiger charge is -2.30. The van der Waals surface area contributed by atoms with Crippen molar-refractivity contribution in [3.63, 3.8) is 0 Å². The molecular weight excluding hydrogens is 402 g/mol. The maximum absolute atomic E-state index is 13.2. The van der Waals surface area contributed by atoms with Gasteiger partial charge in [-0.2, -0.15) is 0 Å².